The molecule has 0 N–H and O–H groups in total. The van der Waals surface area contributed by atoms with Gasteiger partial charge in [0.25, 0.3) is 0 Å². The summed E-state index contributed by atoms with van der Waals surface area (Å²) in [4.78, 5) is 2.26. The van der Waals surface area contributed by atoms with Crippen LogP contribution >= 0.6 is 0 Å². The van der Waals surface area contributed by atoms with Crippen molar-refractivity contribution in [1.82, 2.24) is 4.90 Å². The van der Waals surface area contributed by atoms with Crippen molar-refractivity contribution in [2.45, 2.75) is 26.3 Å². The first-order chi connectivity index (χ1) is 7.98. The number of nitrogens with zero attached hydrogens (tertiary/aromatic N) is 1. The van der Waals surface area contributed by atoms with Crippen LogP contribution in [0.3, 0.4) is 0 Å². The standard InChI is InChI=1S/C12H14F3NO/c1-2-16-6-5-9-7-11(17-12(13,14)15)4-3-10(9)8-16/h3-4,7H,2,5-6,8H2,1H3. The van der Waals surface area contributed by atoms with Crippen LogP contribution in [0, 0.1) is 0 Å². The smallest absolute Gasteiger partial charge is 0.406 e. The predicted octanol–water partition coefficient (Wildman–Crippen LogP) is 2.96. The van der Waals surface area contributed by atoms with Gasteiger partial charge < -0.3 is 4.74 Å². The molecule has 1 aromatic carbocycles. The summed E-state index contributed by atoms with van der Waals surface area (Å²) in [5.74, 6) is -0.124. The minimum absolute atomic E-state index is 0.124. The monoisotopic (exact) mass is 245 g/mol. The second-order valence-electron chi connectivity index (χ2n) is 4.10. The minimum atomic E-state index is -4.61. The van der Waals surface area contributed by atoms with Gasteiger partial charge in [0.05, 0.1) is 0 Å². The van der Waals surface area contributed by atoms with Crippen molar-refractivity contribution in [3.8, 4) is 5.75 Å². The molecule has 1 heterocycles. The zero-order valence-corrected chi connectivity index (χ0v) is 9.55. The SMILES string of the molecule is CCN1CCc2cc(OC(F)(F)F)ccc2C1. The molecular formula is C12H14F3NO. The van der Waals surface area contributed by atoms with Crippen molar-refractivity contribution in [2.75, 3.05) is 13.1 Å². The third-order valence-corrected chi connectivity index (χ3v) is 2.95. The van der Waals surface area contributed by atoms with E-state index in [1.807, 2.05) is 0 Å². The molecule has 0 aromatic heterocycles. The zero-order valence-electron chi connectivity index (χ0n) is 9.55. The second-order valence-corrected chi connectivity index (χ2v) is 4.10. The maximum Gasteiger partial charge on any atom is 0.573 e. The number of halogens is 3. The molecule has 0 fully saturated rings. The summed E-state index contributed by atoms with van der Waals surface area (Å²) in [5.41, 5.74) is 2.05. The molecule has 17 heavy (non-hydrogen) atoms. The van der Waals surface area contributed by atoms with E-state index >= 15 is 0 Å². The summed E-state index contributed by atoms with van der Waals surface area (Å²) < 4.78 is 40.1. The number of hydrogen-bond donors (Lipinski definition) is 0. The molecule has 2 rings (SSSR count). The molecule has 2 nitrogen and oxygen atoms in total. The van der Waals surface area contributed by atoms with Gasteiger partial charge in [-0.15, -0.1) is 13.2 Å². The van der Waals surface area contributed by atoms with Gasteiger partial charge in [0.2, 0.25) is 0 Å². The molecule has 0 unspecified atom stereocenters. The summed E-state index contributed by atoms with van der Waals surface area (Å²) in [7, 11) is 0. The van der Waals surface area contributed by atoms with Gasteiger partial charge in [0.15, 0.2) is 0 Å². The Labute approximate surface area is 98.0 Å². The Kier molecular flexibility index (Phi) is 3.28. The predicted molar refractivity (Wildman–Crippen MR) is 57.8 cm³/mol. The van der Waals surface area contributed by atoms with Gasteiger partial charge in [-0.25, -0.2) is 0 Å². The van der Waals surface area contributed by atoms with Crippen molar-refractivity contribution in [1.29, 1.82) is 0 Å². The van der Waals surface area contributed by atoms with Crippen molar-refractivity contribution in [2.24, 2.45) is 0 Å². The van der Waals surface area contributed by atoms with E-state index in [1.165, 1.54) is 12.1 Å². The fraction of sp³-hybridized carbons (Fsp3) is 0.500. The van der Waals surface area contributed by atoms with Crippen LogP contribution in [0.25, 0.3) is 0 Å². The van der Waals surface area contributed by atoms with Crippen LogP contribution < -0.4 is 4.74 Å². The lowest BCUT2D eigenvalue weighted by molar-refractivity contribution is -0.274. The Hall–Kier alpha value is -1.23. The van der Waals surface area contributed by atoms with Crippen LogP contribution in [-0.4, -0.2) is 24.4 Å². The number of benzene rings is 1. The summed E-state index contributed by atoms with van der Waals surface area (Å²) in [6.45, 7) is 4.73. The molecule has 94 valence electrons. The van der Waals surface area contributed by atoms with Crippen molar-refractivity contribution < 1.29 is 17.9 Å². The van der Waals surface area contributed by atoms with E-state index < -0.39 is 6.36 Å². The zero-order chi connectivity index (χ0) is 12.5. The summed E-state index contributed by atoms with van der Waals surface area (Å²) in [6, 6.07) is 4.60. The highest BCUT2D eigenvalue weighted by atomic mass is 19.4. The number of alkyl halides is 3. The van der Waals surface area contributed by atoms with Crippen molar-refractivity contribution >= 4 is 0 Å². The molecule has 0 bridgehead atoms. The van der Waals surface area contributed by atoms with Crippen LogP contribution in [0.2, 0.25) is 0 Å². The van der Waals surface area contributed by atoms with Crippen LogP contribution in [-0.2, 0) is 13.0 Å². The number of likely N-dealkylation sites (N-methyl/N-ethyl adjacent to an activating group) is 1. The Morgan fingerprint density at radius 3 is 2.71 bits per heavy atom. The number of rotatable bonds is 2. The first kappa shape index (κ1) is 12.2. The average molecular weight is 245 g/mol. The fourth-order valence-corrected chi connectivity index (χ4v) is 2.05. The Morgan fingerprint density at radius 1 is 1.29 bits per heavy atom. The molecule has 0 atom stereocenters. The number of hydrogen-bond acceptors (Lipinski definition) is 2. The molecule has 0 spiro atoms. The third kappa shape index (κ3) is 3.12. The molecule has 1 aliphatic heterocycles. The third-order valence-electron chi connectivity index (χ3n) is 2.95. The second kappa shape index (κ2) is 4.56. The molecule has 1 aliphatic rings. The normalized spacial score (nSPS) is 16.7. The van der Waals surface area contributed by atoms with Gasteiger partial charge in [0, 0.05) is 13.1 Å². The van der Waals surface area contributed by atoms with Gasteiger partial charge in [-0.3, -0.25) is 4.90 Å². The Morgan fingerprint density at radius 2 is 2.06 bits per heavy atom. The molecular weight excluding hydrogens is 231 g/mol. The first-order valence-electron chi connectivity index (χ1n) is 5.58. The lowest BCUT2D eigenvalue weighted by atomic mass is 9.99. The highest BCUT2D eigenvalue weighted by molar-refractivity contribution is 5.37. The van der Waals surface area contributed by atoms with Crippen LogP contribution in [0.15, 0.2) is 18.2 Å². The number of ether oxygens (including phenoxy) is 1. The van der Waals surface area contributed by atoms with Crippen LogP contribution in [0.4, 0.5) is 13.2 Å². The van der Waals surface area contributed by atoms with E-state index in [9.17, 15) is 13.2 Å². The van der Waals surface area contributed by atoms with Gasteiger partial charge in [-0.05, 0) is 36.2 Å². The first-order valence-corrected chi connectivity index (χ1v) is 5.58. The van der Waals surface area contributed by atoms with E-state index in [2.05, 4.69) is 16.6 Å². The molecule has 0 radical (unpaired) electrons. The van der Waals surface area contributed by atoms with E-state index in [-0.39, 0.29) is 5.75 Å². The largest absolute Gasteiger partial charge is 0.573 e. The van der Waals surface area contributed by atoms with Gasteiger partial charge in [-0.2, -0.15) is 0 Å². The topological polar surface area (TPSA) is 12.5 Å². The molecule has 0 aliphatic carbocycles. The van der Waals surface area contributed by atoms with Crippen LogP contribution in [0.5, 0.6) is 5.75 Å². The Balaban J connectivity index is 2.16. The molecule has 0 saturated heterocycles. The lowest BCUT2D eigenvalue weighted by Gasteiger charge is -2.27. The Bertz CT molecular complexity index is 403. The number of fused-ring (bicyclic) bond motifs is 1. The molecule has 5 heteroatoms. The van der Waals surface area contributed by atoms with E-state index in [1.54, 1.807) is 6.07 Å². The fourth-order valence-electron chi connectivity index (χ4n) is 2.05. The van der Waals surface area contributed by atoms with E-state index in [0.717, 1.165) is 37.2 Å². The van der Waals surface area contributed by atoms with Crippen LogP contribution in [0.1, 0.15) is 18.1 Å². The average Bonchev–Trinajstić information content (AvgIpc) is 2.26. The lowest BCUT2D eigenvalue weighted by Crippen LogP contribution is -2.30. The summed E-state index contributed by atoms with van der Waals surface area (Å²) >= 11 is 0. The van der Waals surface area contributed by atoms with Crippen molar-refractivity contribution in [3.63, 3.8) is 0 Å². The van der Waals surface area contributed by atoms with Gasteiger partial charge in [0.1, 0.15) is 5.75 Å². The maximum absolute atomic E-state index is 12.1. The molecule has 1 aromatic rings. The summed E-state index contributed by atoms with van der Waals surface area (Å²) in [6.07, 6.45) is -3.84. The highest BCUT2D eigenvalue weighted by Crippen LogP contribution is 2.27. The van der Waals surface area contributed by atoms with Crippen molar-refractivity contribution in [3.05, 3.63) is 29.3 Å². The molecule has 0 saturated carbocycles. The van der Waals surface area contributed by atoms with E-state index in [4.69, 9.17) is 0 Å². The maximum atomic E-state index is 12.1. The quantitative estimate of drug-likeness (QED) is 0.794. The van der Waals surface area contributed by atoms with Gasteiger partial charge >= 0.3 is 6.36 Å². The van der Waals surface area contributed by atoms with E-state index in [0.29, 0.717) is 0 Å². The minimum Gasteiger partial charge on any atom is -0.406 e. The molecule has 0 amide bonds. The highest BCUT2D eigenvalue weighted by Gasteiger charge is 2.31. The van der Waals surface area contributed by atoms with Gasteiger partial charge in [-0.1, -0.05) is 13.0 Å². The summed E-state index contributed by atoms with van der Waals surface area (Å²) in [5, 5.41) is 0.